The van der Waals surface area contributed by atoms with Crippen LogP contribution in [-0.2, 0) is 13.1 Å². The molecule has 0 saturated heterocycles. The average molecular weight is 246 g/mol. The molecule has 0 unspecified atom stereocenters. The summed E-state index contributed by atoms with van der Waals surface area (Å²) in [5, 5.41) is 3.30. The Hall–Kier alpha value is -1.81. The van der Waals surface area contributed by atoms with Gasteiger partial charge < -0.3 is 14.5 Å². The summed E-state index contributed by atoms with van der Waals surface area (Å²) in [6.45, 7) is 5.43. The number of ether oxygens (including phenoxy) is 1. The van der Waals surface area contributed by atoms with E-state index in [9.17, 15) is 0 Å². The van der Waals surface area contributed by atoms with Gasteiger partial charge in [-0.2, -0.15) is 0 Å². The maximum atomic E-state index is 5.38. The van der Waals surface area contributed by atoms with Crippen molar-refractivity contribution in [3.63, 3.8) is 0 Å². The smallest absolute Gasteiger partial charge is 0.128 e. The molecule has 4 heteroatoms. The van der Waals surface area contributed by atoms with Crippen molar-refractivity contribution in [2.24, 2.45) is 0 Å². The van der Waals surface area contributed by atoms with Gasteiger partial charge >= 0.3 is 0 Å². The summed E-state index contributed by atoms with van der Waals surface area (Å²) in [6, 6.07) is 3.83. The Morgan fingerprint density at radius 2 is 2.17 bits per heavy atom. The van der Waals surface area contributed by atoms with Gasteiger partial charge in [0.2, 0.25) is 0 Å². The molecule has 96 valence electrons. The Morgan fingerprint density at radius 1 is 1.33 bits per heavy atom. The van der Waals surface area contributed by atoms with Crippen molar-refractivity contribution < 1.29 is 9.15 Å². The molecule has 0 atom stereocenters. The van der Waals surface area contributed by atoms with E-state index in [0.29, 0.717) is 13.1 Å². The first-order chi connectivity index (χ1) is 8.72. The van der Waals surface area contributed by atoms with Crippen molar-refractivity contribution in [3.05, 3.63) is 47.2 Å². The van der Waals surface area contributed by atoms with Crippen LogP contribution < -0.4 is 10.1 Å². The Morgan fingerprint density at radius 3 is 2.83 bits per heavy atom. The van der Waals surface area contributed by atoms with Gasteiger partial charge in [0, 0.05) is 23.9 Å². The van der Waals surface area contributed by atoms with Crippen LogP contribution in [0.1, 0.15) is 22.6 Å². The zero-order valence-electron chi connectivity index (χ0n) is 11.0. The second kappa shape index (κ2) is 5.69. The molecule has 0 fully saturated rings. The first-order valence-electron chi connectivity index (χ1n) is 5.94. The van der Waals surface area contributed by atoms with Crippen molar-refractivity contribution in [1.82, 2.24) is 10.3 Å². The van der Waals surface area contributed by atoms with Gasteiger partial charge in [0.25, 0.3) is 0 Å². The Labute approximate surface area is 107 Å². The maximum absolute atomic E-state index is 5.38. The maximum Gasteiger partial charge on any atom is 0.128 e. The lowest BCUT2D eigenvalue weighted by atomic mass is 10.1. The van der Waals surface area contributed by atoms with Gasteiger partial charge in [-0.1, -0.05) is 0 Å². The van der Waals surface area contributed by atoms with Crippen molar-refractivity contribution in [1.29, 1.82) is 0 Å². The molecular formula is C14H18N2O2. The zero-order valence-corrected chi connectivity index (χ0v) is 11.0. The van der Waals surface area contributed by atoms with E-state index in [1.807, 2.05) is 32.2 Å². The molecule has 0 amide bonds. The first-order valence-corrected chi connectivity index (χ1v) is 5.94. The Balaban J connectivity index is 2.01. The van der Waals surface area contributed by atoms with Crippen LogP contribution in [0.3, 0.4) is 0 Å². The summed E-state index contributed by atoms with van der Waals surface area (Å²) < 4.78 is 10.6. The second-order valence-electron chi connectivity index (χ2n) is 4.23. The van der Waals surface area contributed by atoms with E-state index in [4.69, 9.17) is 9.15 Å². The molecule has 0 aliphatic rings. The van der Waals surface area contributed by atoms with Crippen LogP contribution in [-0.4, -0.2) is 12.1 Å². The summed E-state index contributed by atoms with van der Waals surface area (Å²) in [6.07, 6.45) is 3.52. The predicted octanol–water partition coefficient (Wildman–Crippen LogP) is 2.59. The highest BCUT2D eigenvalue weighted by Gasteiger charge is 2.09. The predicted molar refractivity (Wildman–Crippen MR) is 69.5 cm³/mol. The minimum atomic E-state index is 0.698. The summed E-state index contributed by atoms with van der Waals surface area (Å²) >= 11 is 0. The molecule has 1 N–H and O–H groups in total. The molecule has 0 radical (unpaired) electrons. The van der Waals surface area contributed by atoms with Crippen molar-refractivity contribution in [2.45, 2.75) is 26.9 Å². The number of aromatic nitrogens is 1. The normalized spacial score (nSPS) is 10.6. The molecule has 0 saturated carbocycles. The molecule has 0 spiro atoms. The number of rotatable bonds is 5. The summed E-state index contributed by atoms with van der Waals surface area (Å²) in [5.41, 5.74) is 3.15. The molecule has 2 aromatic heterocycles. The Kier molecular flexibility index (Phi) is 3.99. The number of methoxy groups -OCH3 is 1. The van der Waals surface area contributed by atoms with E-state index in [1.165, 1.54) is 0 Å². The van der Waals surface area contributed by atoms with Crippen LogP contribution in [0.25, 0.3) is 0 Å². The minimum absolute atomic E-state index is 0.698. The highest BCUT2D eigenvalue weighted by Crippen LogP contribution is 2.23. The van der Waals surface area contributed by atoms with Crippen LogP contribution in [0.4, 0.5) is 0 Å². The van der Waals surface area contributed by atoms with Gasteiger partial charge in [0.15, 0.2) is 0 Å². The fourth-order valence-corrected chi connectivity index (χ4v) is 1.97. The lowest BCUT2D eigenvalue weighted by Gasteiger charge is -2.12. The highest BCUT2D eigenvalue weighted by molar-refractivity contribution is 5.40. The van der Waals surface area contributed by atoms with Crippen molar-refractivity contribution >= 4 is 0 Å². The standard InChI is InChI=1S/C14H18N2O2/c1-10-7-16-13(11(2)14(10)17-3)9-15-8-12-5-4-6-18-12/h4-7,15H,8-9H2,1-3H3. The largest absolute Gasteiger partial charge is 0.496 e. The number of pyridine rings is 1. The molecule has 2 heterocycles. The average Bonchev–Trinajstić information content (AvgIpc) is 2.86. The Bertz CT molecular complexity index is 507. The zero-order chi connectivity index (χ0) is 13.0. The van der Waals surface area contributed by atoms with E-state index in [0.717, 1.165) is 28.3 Å². The number of furan rings is 1. The number of nitrogens with zero attached hydrogens (tertiary/aromatic N) is 1. The van der Waals surface area contributed by atoms with E-state index >= 15 is 0 Å². The highest BCUT2D eigenvalue weighted by atomic mass is 16.5. The van der Waals surface area contributed by atoms with Gasteiger partial charge in [0.1, 0.15) is 11.5 Å². The molecule has 0 aliphatic heterocycles. The number of hydrogen-bond donors (Lipinski definition) is 1. The molecular weight excluding hydrogens is 228 g/mol. The van der Waals surface area contributed by atoms with Gasteiger partial charge in [-0.05, 0) is 26.0 Å². The summed E-state index contributed by atoms with van der Waals surface area (Å²) in [7, 11) is 1.69. The van der Waals surface area contributed by atoms with Crippen LogP contribution in [0.5, 0.6) is 5.75 Å². The minimum Gasteiger partial charge on any atom is -0.496 e. The summed E-state index contributed by atoms with van der Waals surface area (Å²) in [4.78, 5) is 4.43. The second-order valence-corrected chi connectivity index (χ2v) is 4.23. The molecule has 0 aliphatic carbocycles. The van der Waals surface area contributed by atoms with Crippen LogP contribution >= 0.6 is 0 Å². The molecule has 18 heavy (non-hydrogen) atoms. The summed E-state index contributed by atoms with van der Waals surface area (Å²) in [5.74, 6) is 1.84. The third-order valence-electron chi connectivity index (χ3n) is 2.92. The van der Waals surface area contributed by atoms with Crippen LogP contribution in [0.2, 0.25) is 0 Å². The van der Waals surface area contributed by atoms with Gasteiger partial charge in [-0.3, -0.25) is 4.98 Å². The van der Waals surface area contributed by atoms with Gasteiger partial charge in [0.05, 0.1) is 25.6 Å². The molecule has 2 aromatic rings. The van der Waals surface area contributed by atoms with E-state index in [1.54, 1.807) is 13.4 Å². The molecule has 0 aromatic carbocycles. The molecule has 0 bridgehead atoms. The van der Waals surface area contributed by atoms with Gasteiger partial charge in [-0.15, -0.1) is 0 Å². The third kappa shape index (κ3) is 2.71. The molecule has 4 nitrogen and oxygen atoms in total. The topological polar surface area (TPSA) is 47.3 Å². The number of aryl methyl sites for hydroxylation is 1. The SMILES string of the molecule is COc1c(C)cnc(CNCc2ccco2)c1C. The van der Waals surface area contributed by atoms with Crippen LogP contribution in [0.15, 0.2) is 29.0 Å². The van der Waals surface area contributed by atoms with E-state index < -0.39 is 0 Å². The van der Waals surface area contributed by atoms with E-state index in [-0.39, 0.29) is 0 Å². The van der Waals surface area contributed by atoms with Gasteiger partial charge in [-0.25, -0.2) is 0 Å². The van der Waals surface area contributed by atoms with Crippen LogP contribution in [0, 0.1) is 13.8 Å². The molecule has 2 rings (SSSR count). The van der Waals surface area contributed by atoms with Crippen molar-refractivity contribution in [3.8, 4) is 5.75 Å². The quantitative estimate of drug-likeness (QED) is 0.881. The van der Waals surface area contributed by atoms with E-state index in [2.05, 4.69) is 10.3 Å². The first kappa shape index (κ1) is 12.6. The van der Waals surface area contributed by atoms with Crippen molar-refractivity contribution in [2.75, 3.05) is 7.11 Å². The number of nitrogens with one attached hydrogen (secondary N) is 1. The fourth-order valence-electron chi connectivity index (χ4n) is 1.97. The monoisotopic (exact) mass is 246 g/mol. The lowest BCUT2D eigenvalue weighted by Crippen LogP contribution is -2.14. The number of hydrogen-bond acceptors (Lipinski definition) is 4. The third-order valence-corrected chi connectivity index (χ3v) is 2.92. The lowest BCUT2D eigenvalue weighted by molar-refractivity contribution is 0.406. The fraction of sp³-hybridized carbons (Fsp3) is 0.357.